The van der Waals surface area contributed by atoms with Crippen molar-refractivity contribution in [2.75, 3.05) is 44.8 Å². The fourth-order valence-corrected chi connectivity index (χ4v) is 5.14. The summed E-state index contributed by atoms with van der Waals surface area (Å²) >= 11 is 0. The third kappa shape index (κ3) is 5.07. The highest BCUT2D eigenvalue weighted by Gasteiger charge is 2.49. The molecule has 0 aliphatic carbocycles. The van der Waals surface area contributed by atoms with Crippen molar-refractivity contribution in [3.63, 3.8) is 0 Å². The van der Waals surface area contributed by atoms with E-state index in [9.17, 15) is 20.1 Å². The molecule has 9 nitrogen and oxygen atoms in total. The fourth-order valence-electron chi connectivity index (χ4n) is 5.14. The number of amides is 1. The molecule has 3 N–H and O–H groups in total. The molecule has 2 saturated heterocycles. The molecule has 35 heavy (non-hydrogen) atoms. The van der Waals surface area contributed by atoms with E-state index in [0.29, 0.717) is 24.6 Å². The predicted octanol–water partition coefficient (Wildman–Crippen LogP) is 1.41. The summed E-state index contributed by atoms with van der Waals surface area (Å²) in [6.07, 6.45) is 0.423. The van der Waals surface area contributed by atoms with Gasteiger partial charge in [-0.3, -0.25) is 4.79 Å². The van der Waals surface area contributed by atoms with Crippen LogP contribution in [0.4, 0.5) is 5.82 Å². The number of benzene rings is 1. The van der Waals surface area contributed by atoms with Crippen LogP contribution in [0.25, 0.3) is 0 Å². The van der Waals surface area contributed by atoms with Gasteiger partial charge in [0.1, 0.15) is 11.9 Å². The van der Waals surface area contributed by atoms with E-state index in [1.54, 1.807) is 20.2 Å². The van der Waals surface area contributed by atoms with Gasteiger partial charge in [0, 0.05) is 43.6 Å². The summed E-state index contributed by atoms with van der Waals surface area (Å²) in [6, 6.07) is 11.6. The third-order valence-electron chi connectivity index (χ3n) is 7.46. The predicted molar refractivity (Wildman–Crippen MR) is 131 cm³/mol. The van der Waals surface area contributed by atoms with Crippen LogP contribution in [0.1, 0.15) is 31.7 Å². The van der Waals surface area contributed by atoms with Crippen LogP contribution >= 0.6 is 0 Å². The zero-order valence-corrected chi connectivity index (χ0v) is 20.5. The van der Waals surface area contributed by atoms with Crippen molar-refractivity contribution in [1.29, 1.82) is 0 Å². The molecule has 2 aliphatic rings. The second-order valence-corrected chi connectivity index (χ2v) is 9.72. The molecule has 0 saturated carbocycles. The summed E-state index contributed by atoms with van der Waals surface area (Å²) in [4.78, 5) is 20.7. The van der Waals surface area contributed by atoms with E-state index in [1.165, 1.54) is 4.90 Å². The maximum atomic E-state index is 12.6. The summed E-state index contributed by atoms with van der Waals surface area (Å²) in [7, 11) is 1.60. The zero-order chi connectivity index (χ0) is 25.2. The topological polar surface area (TPSA) is 116 Å². The van der Waals surface area contributed by atoms with Crippen LogP contribution in [-0.2, 0) is 4.79 Å². The molecule has 2 aromatic rings. The molecule has 2 fully saturated rings. The van der Waals surface area contributed by atoms with Gasteiger partial charge in [0.15, 0.2) is 17.6 Å². The molecule has 2 aliphatic heterocycles. The first-order chi connectivity index (χ1) is 16.8. The van der Waals surface area contributed by atoms with Gasteiger partial charge in [0.05, 0.1) is 26.4 Å². The lowest BCUT2D eigenvalue weighted by molar-refractivity contribution is -0.141. The average Bonchev–Trinajstić information content (AvgIpc) is 3.49. The molecular weight excluding hydrogens is 450 g/mol. The number of pyridine rings is 1. The van der Waals surface area contributed by atoms with E-state index in [1.807, 2.05) is 43.3 Å². The van der Waals surface area contributed by atoms with E-state index in [-0.39, 0.29) is 18.6 Å². The Hall–Kier alpha value is -2.88. The molecule has 9 heteroatoms. The van der Waals surface area contributed by atoms with Crippen LogP contribution in [0.2, 0.25) is 0 Å². The Labute approximate surface area is 205 Å². The quantitative estimate of drug-likeness (QED) is 0.514. The van der Waals surface area contributed by atoms with Gasteiger partial charge in [-0.25, -0.2) is 4.98 Å². The molecular formula is C26H35N3O6. The third-order valence-corrected chi connectivity index (χ3v) is 7.46. The number of carbonyl (C=O) groups excluding carboxylic acids is 1. The number of ether oxygens (including phenoxy) is 2. The number of carbonyl (C=O) groups is 1. The maximum absolute atomic E-state index is 12.6. The number of aliphatic hydroxyl groups excluding tert-OH is 3. The lowest BCUT2D eigenvalue weighted by Gasteiger charge is -2.34. The zero-order valence-electron chi connectivity index (χ0n) is 20.5. The maximum Gasteiger partial charge on any atom is 0.253 e. The largest absolute Gasteiger partial charge is 0.493 e. The number of anilines is 1. The summed E-state index contributed by atoms with van der Waals surface area (Å²) in [5.74, 6) is 1.43. The van der Waals surface area contributed by atoms with Crippen molar-refractivity contribution in [1.82, 2.24) is 9.88 Å². The van der Waals surface area contributed by atoms with Gasteiger partial charge in [0.25, 0.3) is 5.91 Å². The van der Waals surface area contributed by atoms with Crippen molar-refractivity contribution >= 4 is 11.7 Å². The molecule has 0 bridgehead atoms. The number of nitrogens with zero attached hydrogens (tertiary/aromatic N) is 3. The van der Waals surface area contributed by atoms with Crippen LogP contribution in [0.3, 0.4) is 0 Å². The van der Waals surface area contributed by atoms with E-state index >= 15 is 0 Å². The minimum atomic E-state index is -1.47. The molecule has 190 valence electrons. The van der Waals surface area contributed by atoms with E-state index in [4.69, 9.17) is 9.47 Å². The monoisotopic (exact) mass is 485 g/mol. The standard InChI is InChI=1S/C26H35N3O6/c1-17(31)26(2)16-29(25(33)21(32)15-30)14-20(26)18-7-8-22(34-3)23(12-18)35-19-9-11-28(13-19)24-6-4-5-10-27-24/h4-8,10,12,17,19-21,30-32H,9,11,13-16H2,1-3H3/t17-,19-,20+,21+,26+/m1/s1. The van der Waals surface area contributed by atoms with Crippen LogP contribution in [0.5, 0.6) is 11.5 Å². The Morgan fingerprint density at radius 2 is 2.03 bits per heavy atom. The molecule has 0 radical (unpaired) electrons. The minimum absolute atomic E-state index is 0.0364. The normalized spacial score (nSPS) is 26.0. The van der Waals surface area contributed by atoms with Crippen molar-refractivity contribution in [3.8, 4) is 11.5 Å². The first-order valence-corrected chi connectivity index (χ1v) is 12.0. The van der Waals surface area contributed by atoms with Gasteiger partial charge in [-0.05, 0) is 36.8 Å². The molecule has 5 atom stereocenters. The Morgan fingerprint density at radius 3 is 2.69 bits per heavy atom. The van der Waals surface area contributed by atoms with Crippen LogP contribution in [-0.4, -0.2) is 89.3 Å². The van der Waals surface area contributed by atoms with Crippen molar-refractivity contribution < 1.29 is 29.6 Å². The Kier molecular flexibility index (Phi) is 7.49. The molecule has 1 aromatic heterocycles. The van der Waals surface area contributed by atoms with Crippen molar-refractivity contribution in [3.05, 3.63) is 48.2 Å². The number of hydrogen-bond donors (Lipinski definition) is 3. The van der Waals surface area contributed by atoms with Gasteiger partial charge in [-0.2, -0.15) is 0 Å². The van der Waals surface area contributed by atoms with Crippen LogP contribution in [0.15, 0.2) is 42.6 Å². The highest BCUT2D eigenvalue weighted by Crippen LogP contribution is 2.47. The number of methoxy groups -OCH3 is 1. The lowest BCUT2D eigenvalue weighted by atomic mass is 9.72. The Bertz CT molecular complexity index is 1020. The SMILES string of the molecule is COc1ccc([C@@H]2CN(C(=O)[C@@H](O)CO)C[C@@]2(C)[C@@H](C)O)cc1O[C@@H]1CCN(c2ccccn2)C1. The van der Waals surface area contributed by atoms with E-state index < -0.39 is 30.1 Å². The second-order valence-electron chi connectivity index (χ2n) is 9.72. The van der Waals surface area contributed by atoms with Gasteiger partial charge in [-0.1, -0.05) is 19.1 Å². The Morgan fingerprint density at radius 1 is 1.23 bits per heavy atom. The number of hydrogen-bond acceptors (Lipinski definition) is 8. The fraction of sp³-hybridized carbons (Fsp3) is 0.538. The average molecular weight is 486 g/mol. The number of likely N-dealkylation sites (tertiary alicyclic amines) is 1. The van der Waals surface area contributed by atoms with Gasteiger partial charge < -0.3 is 34.6 Å². The first kappa shape index (κ1) is 25.2. The molecule has 0 unspecified atom stereocenters. The summed E-state index contributed by atoms with van der Waals surface area (Å²) in [5, 5.41) is 29.8. The number of rotatable bonds is 8. The summed E-state index contributed by atoms with van der Waals surface area (Å²) in [5.41, 5.74) is 0.275. The van der Waals surface area contributed by atoms with Gasteiger partial charge >= 0.3 is 0 Å². The highest BCUT2D eigenvalue weighted by molar-refractivity contribution is 5.81. The smallest absolute Gasteiger partial charge is 0.253 e. The van der Waals surface area contributed by atoms with Crippen molar-refractivity contribution in [2.45, 2.75) is 44.5 Å². The van der Waals surface area contributed by atoms with Crippen molar-refractivity contribution in [2.24, 2.45) is 5.41 Å². The van der Waals surface area contributed by atoms with E-state index in [0.717, 1.165) is 24.3 Å². The molecule has 4 rings (SSSR count). The molecule has 3 heterocycles. The summed E-state index contributed by atoms with van der Waals surface area (Å²) < 4.78 is 12.0. The van der Waals surface area contributed by atoms with Gasteiger partial charge in [-0.15, -0.1) is 0 Å². The minimum Gasteiger partial charge on any atom is -0.493 e. The second kappa shape index (κ2) is 10.4. The van der Waals surface area contributed by atoms with Crippen LogP contribution < -0.4 is 14.4 Å². The van der Waals surface area contributed by atoms with Gasteiger partial charge in [0.2, 0.25) is 0 Å². The number of aliphatic hydroxyl groups is 3. The Balaban J connectivity index is 1.56. The molecule has 1 amide bonds. The number of aromatic nitrogens is 1. The van der Waals surface area contributed by atoms with E-state index in [2.05, 4.69) is 9.88 Å². The summed E-state index contributed by atoms with van der Waals surface area (Å²) in [6.45, 7) is 5.16. The van der Waals surface area contributed by atoms with Crippen LogP contribution in [0, 0.1) is 5.41 Å². The molecule has 0 spiro atoms. The first-order valence-electron chi connectivity index (χ1n) is 12.0. The lowest BCUT2D eigenvalue weighted by Crippen LogP contribution is -2.42. The highest BCUT2D eigenvalue weighted by atomic mass is 16.5. The molecule has 1 aromatic carbocycles.